The summed E-state index contributed by atoms with van der Waals surface area (Å²) in [6, 6.07) is 8.72. The maximum Gasteiger partial charge on any atom is 0.263 e. The molecule has 2 N–H and O–H groups in total. The molecule has 0 radical (unpaired) electrons. The molecule has 0 unspecified atom stereocenters. The molecule has 1 aromatic heterocycles. The van der Waals surface area contributed by atoms with Crippen LogP contribution in [0.5, 0.6) is 0 Å². The third kappa shape index (κ3) is 4.03. The number of nitrogens with zero attached hydrogens (tertiary/aromatic N) is 1. The highest BCUT2D eigenvalue weighted by Gasteiger charge is 2.18. The van der Waals surface area contributed by atoms with Crippen molar-refractivity contribution in [3.05, 3.63) is 52.1 Å². The average Bonchev–Trinajstić information content (AvgIpc) is 2.43. The number of benzene rings is 1. The van der Waals surface area contributed by atoms with Gasteiger partial charge >= 0.3 is 0 Å². The molecule has 2 rings (SSSR count). The summed E-state index contributed by atoms with van der Waals surface area (Å²) in [6.45, 7) is 2.38. The smallest absolute Gasteiger partial charge is 0.263 e. The van der Waals surface area contributed by atoms with Gasteiger partial charge in [-0.25, -0.2) is 13.4 Å². The molecular weight excluding hydrogens is 354 g/mol. The number of nitrogens with one attached hydrogen (secondary N) is 2. The maximum absolute atomic E-state index is 12.5. The van der Waals surface area contributed by atoms with Crippen LogP contribution in [0, 0.1) is 6.92 Å². The molecule has 0 aliphatic carbocycles. The van der Waals surface area contributed by atoms with Gasteiger partial charge in [0, 0.05) is 17.2 Å². The largest absolute Gasteiger partial charge is 0.316 e. The predicted octanol–water partition coefficient (Wildman–Crippen LogP) is 2.67. The van der Waals surface area contributed by atoms with Crippen LogP contribution in [0.15, 0.2) is 45.9 Å². The molecule has 0 spiro atoms. The Morgan fingerprint density at radius 3 is 2.62 bits per heavy atom. The summed E-state index contributed by atoms with van der Waals surface area (Å²) in [5.41, 5.74) is 1.60. The molecule has 2 aromatic rings. The van der Waals surface area contributed by atoms with E-state index < -0.39 is 10.0 Å². The fraction of sp³-hybridized carbons (Fsp3) is 0.214. The van der Waals surface area contributed by atoms with Gasteiger partial charge in [-0.1, -0.05) is 12.1 Å². The lowest BCUT2D eigenvalue weighted by Gasteiger charge is -2.11. The van der Waals surface area contributed by atoms with Crippen molar-refractivity contribution in [1.29, 1.82) is 0 Å². The highest BCUT2D eigenvalue weighted by Crippen LogP contribution is 2.20. The second-order valence-electron chi connectivity index (χ2n) is 4.60. The second kappa shape index (κ2) is 6.55. The fourth-order valence-electron chi connectivity index (χ4n) is 1.88. The maximum atomic E-state index is 12.5. The lowest BCUT2D eigenvalue weighted by molar-refractivity contribution is 0.600. The minimum absolute atomic E-state index is 0.264. The lowest BCUT2D eigenvalue weighted by Crippen LogP contribution is -2.16. The molecule has 0 fully saturated rings. The fourth-order valence-corrected chi connectivity index (χ4v) is 3.42. The van der Waals surface area contributed by atoms with Crippen LogP contribution in [0.25, 0.3) is 0 Å². The molecule has 112 valence electrons. The zero-order valence-electron chi connectivity index (χ0n) is 11.7. The van der Waals surface area contributed by atoms with E-state index >= 15 is 0 Å². The zero-order valence-corrected chi connectivity index (χ0v) is 14.1. The summed E-state index contributed by atoms with van der Waals surface area (Å²) in [7, 11) is -1.84. The van der Waals surface area contributed by atoms with E-state index in [9.17, 15) is 8.42 Å². The zero-order chi connectivity index (χ0) is 15.5. The highest BCUT2D eigenvalue weighted by atomic mass is 79.9. The minimum atomic E-state index is -3.65. The molecule has 7 heteroatoms. The van der Waals surface area contributed by atoms with E-state index in [1.165, 1.54) is 0 Å². The van der Waals surface area contributed by atoms with Gasteiger partial charge in [-0.05, 0) is 59.2 Å². The van der Waals surface area contributed by atoms with E-state index in [0.29, 0.717) is 12.1 Å². The van der Waals surface area contributed by atoms with Gasteiger partial charge in [-0.2, -0.15) is 0 Å². The number of aromatic nitrogens is 1. The van der Waals surface area contributed by atoms with Crippen molar-refractivity contribution in [3.63, 3.8) is 0 Å². The van der Waals surface area contributed by atoms with Gasteiger partial charge in [-0.3, -0.25) is 4.72 Å². The topological polar surface area (TPSA) is 71.1 Å². The Labute approximate surface area is 133 Å². The molecule has 21 heavy (non-hydrogen) atoms. The molecular formula is C14H16BrN3O2S. The van der Waals surface area contributed by atoms with Crippen molar-refractivity contribution in [2.45, 2.75) is 18.4 Å². The monoisotopic (exact) mass is 369 g/mol. The molecule has 0 aliphatic rings. The van der Waals surface area contributed by atoms with Gasteiger partial charge in [0.15, 0.2) is 0 Å². The Kier molecular flexibility index (Phi) is 4.97. The number of hydrogen-bond acceptors (Lipinski definition) is 4. The van der Waals surface area contributed by atoms with Crippen LogP contribution < -0.4 is 10.0 Å². The summed E-state index contributed by atoms with van der Waals surface area (Å²) in [4.78, 5) is 4.29. The number of rotatable bonds is 5. The van der Waals surface area contributed by atoms with Gasteiger partial charge in [0.25, 0.3) is 10.0 Å². The molecule has 0 bridgehead atoms. The molecule has 0 amide bonds. The number of aryl methyl sites for hydroxylation is 1. The third-order valence-electron chi connectivity index (χ3n) is 2.89. The minimum Gasteiger partial charge on any atom is -0.316 e. The van der Waals surface area contributed by atoms with Gasteiger partial charge in [0.2, 0.25) is 0 Å². The number of halogens is 1. The first-order valence-corrected chi connectivity index (χ1v) is 8.58. The van der Waals surface area contributed by atoms with Crippen molar-refractivity contribution < 1.29 is 8.42 Å². The first-order chi connectivity index (χ1) is 9.92. The summed E-state index contributed by atoms with van der Waals surface area (Å²) >= 11 is 3.26. The van der Waals surface area contributed by atoms with Crippen LogP contribution in [-0.4, -0.2) is 20.4 Å². The molecule has 1 aromatic carbocycles. The van der Waals surface area contributed by atoms with E-state index in [1.54, 1.807) is 37.4 Å². The number of hydrogen-bond donors (Lipinski definition) is 2. The van der Waals surface area contributed by atoms with E-state index in [4.69, 9.17) is 0 Å². The van der Waals surface area contributed by atoms with Gasteiger partial charge in [0.1, 0.15) is 5.82 Å². The number of anilines is 1. The average molecular weight is 370 g/mol. The van der Waals surface area contributed by atoms with Crippen molar-refractivity contribution in [3.8, 4) is 0 Å². The van der Waals surface area contributed by atoms with Crippen LogP contribution in [0.4, 0.5) is 5.82 Å². The van der Waals surface area contributed by atoms with E-state index in [-0.39, 0.29) is 10.7 Å². The summed E-state index contributed by atoms with van der Waals surface area (Å²) in [6.07, 6.45) is 1.54. The molecule has 0 aliphatic heterocycles. The molecule has 0 saturated carbocycles. The van der Waals surface area contributed by atoms with E-state index in [1.807, 2.05) is 13.1 Å². The van der Waals surface area contributed by atoms with Gasteiger partial charge in [-0.15, -0.1) is 0 Å². The Morgan fingerprint density at radius 2 is 2.00 bits per heavy atom. The lowest BCUT2D eigenvalue weighted by atomic mass is 10.1. The first-order valence-electron chi connectivity index (χ1n) is 6.31. The predicted molar refractivity (Wildman–Crippen MR) is 86.7 cm³/mol. The number of pyridine rings is 1. The highest BCUT2D eigenvalue weighted by molar-refractivity contribution is 9.10. The Hall–Kier alpha value is -1.44. The van der Waals surface area contributed by atoms with Crippen LogP contribution in [-0.2, 0) is 16.6 Å². The molecule has 0 saturated heterocycles. The van der Waals surface area contributed by atoms with Crippen molar-refractivity contribution >= 4 is 31.8 Å². The SMILES string of the molecule is CNCc1ccc(C)c(S(=O)(=O)Nc2ccc(Br)cn2)c1. The first kappa shape index (κ1) is 15.9. The summed E-state index contributed by atoms with van der Waals surface area (Å²) < 4.78 is 28.2. The Morgan fingerprint density at radius 1 is 1.24 bits per heavy atom. The quantitative estimate of drug-likeness (QED) is 0.849. The van der Waals surface area contributed by atoms with Crippen LogP contribution >= 0.6 is 15.9 Å². The standard InChI is InChI=1S/C14H16BrN3O2S/c1-10-3-4-11(8-16-2)7-13(10)21(19,20)18-14-6-5-12(15)9-17-14/h3-7,9,16H,8H2,1-2H3,(H,17,18). The molecule has 1 heterocycles. The van der Waals surface area contributed by atoms with Gasteiger partial charge < -0.3 is 5.32 Å². The molecule has 0 atom stereocenters. The van der Waals surface area contributed by atoms with Gasteiger partial charge in [0.05, 0.1) is 4.90 Å². The van der Waals surface area contributed by atoms with Crippen molar-refractivity contribution in [1.82, 2.24) is 10.3 Å². The van der Waals surface area contributed by atoms with Crippen LogP contribution in [0.2, 0.25) is 0 Å². The Balaban J connectivity index is 2.34. The van der Waals surface area contributed by atoms with E-state index in [0.717, 1.165) is 10.0 Å². The Bertz CT molecular complexity index is 730. The van der Waals surface area contributed by atoms with Crippen LogP contribution in [0.3, 0.4) is 0 Å². The van der Waals surface area contributed by atoms with Crippen molar-refractivity contribution in [2.24, 2.45) is 0 Å². The third-order valence-corrected chi connectivity index (χ3v) is 4.86. The number of sulfonamides is 1. The summed E-state index contributed by atoms with van der Waals surface area (Å²) in [5.74, 6) is 0.289. The molecule has 5 nitrogen and oxygen atoms in total. The van der Waals surface area contributed by atoms with Crippen LogP contribution in [0.1, 0.15) is 11.1 Å². The summed E-state index contributed by atoms with van der Waals surface area (Å²) in [5, 5.41) is 3.01. The second-order valence-corrected chi connectivity index (χ2v) is 7.16. The van der Waals surface area contributed by atoms with Crippen molar-refractivity contribution in [2.75, 3.05) is 11.8 Å². The normalized spacial score (nSPS) is 11.4. The van der Waals surface area contributed by atoms with E-state index in [2.05, 4.69) is 31.0 Å².